The Balaban J connectivity index is 1.27. The summed E-state index contributed by atoms with van der Waals surface area (Å²) in [6, 6.07) is 15.6. The molecule has 2 saturated heterocycles. The van der Waals surface area contributed by atoms with Crippen molar-refractivity contribution in [1.29, 1.82) is 0 Å². The van der Waals surface area contributed by atoms with E-state index in [1.807, 2.05) is 17.0 Å². The molecular weight excluding hydrogens is 433 g/mol. The first-order valence-corrected chi connectivity index (χ1v) is 11.6. The first-order valence-electron chi connectivity index (χ1n) is 11.6. The lowest BCUT2D eigenvalue weighted by Gasteiger charge is -2.33. The number of piperidine rings is 1. The highest BCUT2D eigenvalue weighted by molar-refractivity contribution is 6.02. The van der Waals surface area contributed by atoms with Crippen LogP contribution in [0.4, 0.5) is 15.8 Å². The van der Waals surface area contributed by atoms with Crippen LogP contribution in [0.5, 0.6) is 0 Å². The van der Waals surface area contributed by atoms with Crippen molar-refractivity contribution >= 4 is 23.2 Å². The lowest BCUT2D eigenvalue weighted by atomic mass is 9.89. The number of aromatic nitrogens is 2. The zero-order valence-corrected chi connectivity index (χ0v) is 18.7. The number of benzene rings is 2. The average molecular weight is 460 g/mol. The normalized spacial score (nSPS) is 16.7. The molecule has 0 spiro atoms. The van der Waals surface area contributed by atoms with E-state index in [1.54, 1.807) is 23.4 Å². The zero-order chi connectivity index (χ0) is 23.5. The van der Waals surface area contributed by atoms with E-state index in [2.05, 4.69) is 27.6 Å². The molecule has 34 heavy (non-hydrogen) atoms. The molecule has 8 heteroatoms. The van der Waals surface area contributed by atoms with Gasteiger partial charge < -0.3 is 10.2 Å². The maximum absolute atomic E-state index is 13.2. The third kappa shape index (κ3) is 4.54. The molecule has 5 rings (SSSR count). The van der Waals surface area contributed by atoms with Crippen LogP contribution in [0.15, 0.2) is 67.0 Å². The van der Waals surface area contributed by atoms with E-state index in [-0.39, 0.29) is 23.5 Å². The lowest BCUT2D eigenvalue weighted by molar-refractivity contribution is -0.123. The number of nitrogens with zero attached hydrogens (tertiary/aromatic N) is 4. The van der Waals surface area contributed by atoms with Crippen LogP contribution in [0.1, 0.15) is 34.7 Å². The van der Waals surface area contributed by atoms with Gasteiger partial charge in [-0.05, 0) is 66.8 Å². The fourth-order valence-corrected chi connectivity index (χ4v) is 4.55. The molecule has 0 aliphatic carbocycles. The number of amides is 2. The number of hydrogen-bond acceptors (Lipinski definition) is 5. The average Bonchev–Trinajstić information content (AvgIpc) is 2.84. The van der Waals surface area contributed by atoms with Crippen molar-refractivity contribution in [3.63, 3.8) is 0 Å². The number of hydrogen-bond donors (Lipinski definition) is 1. The summed E-state index contributed by atoms with van der Waals surface area (Å²) in [6.07, 6.45) is 4.91. The molecule has 2 aromatic carbocycles. The second-order valence-corrected chi connectivity index (χ2v) is 8.79. The van der Waals surface area contributed by atoms with Crippen molar-refractivity contribution in [1.82, 2.24) is 20.4 Å². The van der Waals surface area contributed by atoms with Crippen molar-refractivity contribution in [3.05, 3.63) is 83.9 Å². The van der Waals surface area contributed by atoms with Crippen LogP contribution < -0.4 is 10.2 Å². The monoisotopic (exact) mass is 459 g/mol. The van der Waals surface area contributed by atoms with Gasteiger partial charge in [0.1, 0.15) is 5.82 Å². The molecule has 0 unspecified atom stereocenters. The van der Waals surface area contributed by atoms with E-state index in [0.717, 1.165) is 18.5 Å². The van der Waals surface area contributed by atoms with Gasteiger partial charge in [0.05, 0.1) is 24.0 Å². The summed E-state index contributed by atoms with van der Waals surface area (Å²) in [5, 5.41) is 10.9. The number of anilines is 2. The Hall–Kier alpha value is -3.65. The molecule has 174 valence electrons. The standard InChI is InChI=1S/C26H26FN5O2/c27-22-5-1-20(2-6-22)25(33)31-13-10-19(11-14-31)18-3-7-23(8-4-18)32(24-9-12-29-30-17-24)26(34)21-15-28-16-21/h1-9,12,17,19,21,28H,10-11,13-16H2. The van der Waals surface area contributed by atoms with Crippen molar-refractivity contribution in [2.75, 3.05) is 31.1 Å². The van der Waals surface area contributed by atoms with Gasteiger partial charge in [0.25, 0.3) is 5.91 Å². The van der Waals surface area contributed by atoms with Crippen molar-refractivity contribution < 1.29 is 14.0 Å². The Morgan fingerprint density at radius 3 is 2.21 bits per heavy atom. The molecule has 3 heterocycles. The Labute approximate surface area is 197 Å². The number of carbonyl (C=O) groups excluding carboxylic acids is 2. The lowest BCUT2D eigenvalue weighted by Crippen LogP contribution is -2.51. The van der Waals surface area contributed by atoms with Crippen LogP contribution >= 0.6 is 0 Å². The van der Waals surface area contributed by atoms with E-state index in [1.165, 1.54) is 29.8 Å². The van der Waals surface area contributed by atoms with Crippen molar-refractivity contribution in [2.24, 2.45) is 5.92 Å². The first kappa shape index (κ1) is 22.2. The summed E-state index contributed by atoms with van der Waals surface area (Å²) in [6.45, 7) is 2.68. The summed E-state index contributed by atoms with van der Waals surface area (Å²) in [7, 11) is 0. The van der Waals surface area contributed by atoms with E-state index >= 15 is 0 Å². The third-order valence-electron chi connectivity index (χ3n) is 6.67. The molecule has 0 atom stereocenters. The summed E-state index contributed by atoms with van der Waals surface area (Å²) in [5.41, 5.74) is 3.22. The van der Waals surface area contributed by atoms with Gasteiger partial charge in [-0.25, -0.2) is 4.39 Å². The van der Waals surface area contributed by atoms with Crippen LogP contribution in [0.3, 0.4) is 0 Å². The molecule has 7 nitrogen and oxygen atoms in total. The number of carbonyl (C=O) groups is 2. The smallest absolute Gasteiger partial charge is 0.253 e. The zero-order valence-electron chi connectivity index (χ0n) is 18.7. The number of halogens is 1. The highest BCUT2D eigenvalue weighted by atomic mass is 19.1. The molecule has 0 saturated carbocycles. The van der Waals surface area contributed by atoms with Crippen LogP contribution in [-0.2, 0) is 4.79 Å². The molecular formula is C26H26FN5O2. The number of rotatable bonds is 5. The molecule has 2 fully saturated rings. The fraction of sp³-hybridized carbons (Fsp3) is 0.308. The van der Waals surface area contributed by atoms with Gasteiger partial charge in [-0.15, -0.1) is 0 Å². The van der Waals surface area contributed by atoms with Gasteiger partial charge in [-0.2, -0.15) is 10.2 Å². The highest BCUT2D eigenvalue weighted by Gasteiger charge is 2.31. The minimum absolute atomic E-state index is 0.0455. The van der Waals surface area contributed by atoms with Gasteiger partial charge in [-0.3, -0.25) is 14.5 Å². The largest absolute Gasteiger partial charge is 0.339 e. The van der Waals surface area contributed by atoms with Gasteiger partial charge in [0.2, 0.25) is 5.91 Å². The Kier molecular flexibility index (Phi) is 6.31. The van der Waals surface area contributed by atoms with Crippen LogP contribution in [0.2, 0.25) is 0 Å². The van der Waals surface area contributed by atoms with Crippen LogP contribution in [0, 0.1) is 11.7 Å². The van der Waals surface area contributed by atoms with Gasteiger partial charge in [0, 0.05) is 37.4 Å². The highest BCUT2D eigenvalue weighted by Crippen LogP contribution is 2.32. The Morgan fingerprint density at radius 2 is 1.62 bits per heavy atom. The topological polar surface area (TPSA) is 78.4 Å². The maximum Gasteiger partial charge on any atom is 0.253 e. The quantitative estimate of drug-likeness (QED) is 0.632. The SMILES string of the molecule is O=C(c1ccc(F)cc1)N1CCC(c2ccc(N(C(=O)C3CNC3)c3ccnnc3)cc2)CC1. The second-order valence-electron chi connectivity index (χ2n) is 8.79. The third-order valence-corrected chi connectivity index (χ3v) is 6.67. The van der Waals surface area contributed by atoms with Gasteiger partial charge in [0.15, 0.2) is 0 Å². The molecule has 1 aromatic heterocycles. The Morgan fingerprint density at radius 1 is 0.912 bits per heavy atom. The van der Waals surface area contributed by atoms with E-state index in [4.69, 9.17) is 0 Å². The second kappa shape index (κ2) is 9.69. The van der Waals surface area contributed by atoms with Crippen molar-refractivity contribution in [3.8, 4) is 0 Å². The van der Waals surface area contributed by atoms with E-state index in [0.29, 0.717) is 43.3 Å². The molecule has 3 aromatic rings. The van der Waals surface area contributed by atoms with Crippen LogP contribution in [-0.4, -0.2) is 53.1 Å². The molecule has 0 radical (unpaired) electrons. The predicted octanol–water partition coefficient (Wildman–Crippen LogP) is 3.52. The molecule has 2 amide bonds. The maximum atomic E-state index is 13.2. The van der Waals surface area contributed by atoms with E-state index < -0.39 is 0 Å². The van der Waals surface area contributed by atoms with Crippen molar-refractivity contribution in [2.45, 2.75) is 18.8 Å². The fourth-order valence-electron chi connectivity index (χ4n) is 4.55. The summed E-state index contributed by atoms with van der Waals surface area (Å²) in [5.74, 6) is -0.0558. The van der Waals surface area contributed by atoms with Gasteiger partial charge in [-0.1, -0.05) is 12.1 Å². The molecule has 2 aliphatic rings. The summed E-state index contributed by atoms with van der Waals surface area (Å²) < 4.78 is 13.2. The molecule has 0 bridgehead atoms. The number of likely N-dealkylation sites (tertiary alicyclic amines) is 1. The molecule has 2 aliphatic heterocycles. The van der Waals surface area contributed by atoms with Crippen LogP contribution in [0.25, 0.3) is 0 Å². The minimum atomic E-state index is -0.344. The predicted molar refractivity (Wildman–Crippen MR) is 126 cm³/mol. The Bertz CT molecular complexity index is 1140. The van der Waals surface area contributed by atoms with E-state index in [9.17, 15) is 14.0 Å². The number of nitrogens with one attached hydrogen (secondary N) is 1. The first-order chi connectivity index (χ1) is 16.6. The molecule has 1 N–H and O–H groups in total. The summed E-state index contributed by atoms with van der Waals surface area (Å²) >= 11 is 0. The minimum Gasteiger partial charge on any atom is -0.339 e. The van der Waals surface area contributed by atoms with Gasteiger partial charge >= 0.3 is 0 Å². The summed E-state index contributed by atoms with van der Waals surface area (Å²) in [4.78, 5) is 29.4.